The standard InChI is InChI=1S/C11H24NO2PS2/c1-7-12(8-2)15(13-6)14-10-9(3)16-17-11(10,4)5/h9-10H,7-8H2,1-6H3. The van der Waals surface area contributed by atoms with Crippen LogP contribution >= 0.6 is 30.1 Å². The van der Waals surface area contributed by atoms with E-state index in [1.165, 1.54) is 0 Å². The molecule has 1 aliphatic rings. The lowest BCUT2D eigenvalue weighted by Gasteiger charge is -2.34. The van der Waals surface area contributed by atoms with Crippen LogP contribution in [0, 0.1) is 0 Å². The van der Waals surface area contributed by atoms with Crippen LogP contribution in [0.3, 0.4) is 0 Å². The molecule has 0 aliphatic carbocycles. The Bertz CT molecular complexity index is 240. The molecular formula is C11H24NO2PS2. The molecule has 1 saturated heterocycles. The van der Waals surface area contributed by atoms with Gasteiger partial charge in [0.25, 0.3) is 8.53 Å². The third-order valence-electron chi connectivity index (χ3n) is 2.85. The van der Waals surface area contributed by atoms with Gasteiger partial charge in [0, 0.05) is 30.2 Å². The second-order valence-electron chi connectivity index (χ2n) is 4.57. The molecule has 6 heteroatoms. The molecule has 3 unspecified atom stereocenters. The second kappa shape index (κ2) is 6.97. The molecule has 0 aromatic rings. The molecule has 3 nitrogen and oxygen atoms in total. The molecule has 0 aromatic heterocycles. The fourth-order valence-corrected chi connectivity index (χ4v) is 6.68. The van der Waals surface area contributed by atoms with E-state index in [4.69, 9.17) is 9.05 Å². The molecule has 1 aliphatic heterocycles. The van der Waals surface area contributed by atoms with Crippen LogP contribution in [0.1, 0.15) is 34.6 Å². The quantitative estimate of drug-likeness (QED) is 0.541. The molecule has 17 heavy (non-hydrogen) atoms. The van der Waals surface area contributed by atoms with Crippen LogP contribution < -0.4 is 0 Å². The van der Waals surface area contributed by atoms with Crippen molar-refractivity contribution >= 4 is 30.1 Å². The van der Waals surface area contributed by atoms with Crippen molar-refractivity contribution in [2.75, 3.05) is 20.2 Å². The van der Waals surface area contributed by atoms with Crippen molar-refractivity contribution in [2.45, 2.75) is 50.7 Å². The largest absolute Gasteiger partial charge is 0.325 e. The van der Waals surface area contributed by atoms with Crippen LogP contribution in [0.25, 0.3) is 0 Å². The summed E-state index contributed by atoms with van der Waals surface area (Å²) < 4.78 is 14.2. The highest BCUT2D eigenvalue weighted by atomic mass is 33.1. The van der Waals surface area contributed by atoms with E-state index in [-0.39, 0.29) is 10.9 Å². The monoisotopic (exact) mass is 297 g/mol. The molecule has 102 valence electrons. The van der Waals surface area contributed by atoms with Gasteiger partial charge in [-0.1, -0.05) is 35.4 Å². The third-order valence-corrected chi connectivity index (χ3v) is 8.39. The first-order valence-corrected chi connectivity index (χ1v) is 9.40. The first kappa shape index (κ1) is 16.1. The molecule has 0 aromatic carbocycles. The molecule has 0 amide bonds. The minimum absolute atomic E-state index is 0.163. The highest BCUT2D eigenvalue weighted by Gasteiger charge is 2.44. The van der Waals surface area contributed by atoms with Gasteiger partial charge in [-0.3, -0.25) is 0 Å². The maximum atomic E-state index is 6.26. The Labute approximate surface area is 115 Å². The Balaban J connectivity index is 2.67. The van der Waals surface area contributed by atoms with Crippen LogP contribution in [-0.4, -0.2) is 41.0 Å². The van der Waals surface area contributed by atoms with Gasteiger partial charge in [-0.2, -0.15) is 0 Å². The molecule has 3 atom stereocenters. The zero-order chi connectivity index (χ0) is 13.1. The van der Waals surface area contributed by atoms with Crippen molar-refractivity contribution in [3.05, 3.63) is 0 Å². The molecule has 0 bridgehead atoms. The topological polar surface area (TPSA) is 21.7 Å². The predicted molar refractivity (Wildman–Crippen MR) is 80.4 cm³/mol. The molecule has 0 N–H and O–H groups in total. The number of rotatable bonds is 6. The summed E-state index contributed by atoms with van der Waals surface area (Å²) in [6.45, 7) is 13.0. The van der Waals surface area contributed by atoms with E-state index in [1.54, 1.807) is 7.11 Å². The molecule has 0 spiro atoms. The molecule has 0 saturated carbocycles. The van der Waals surface area contributed by atoms with Gasteiger partial charge in [-0.05, 0) is 20.8 Å². The van der Waals surface area contributed by atoms with Gasteiger partial charge < -0.3 is 9.05 Å². The van der Waals surface area contributed by atoms with Crippen molar-refractivity contribution in [3.63, 3.8) is 0 Å². The Morgan fingerprint density at radius 3 is 2.24 bits per heavy atom. The Kier molecular flexibility index (Phi) is 6.59. The van der Waals surface area contributed by atoms with Gasteiger partial charge >= 0.3 is 0 Å². The van der Waals surface area contributed by atoms with Gasteiger partial charge in [0.2, 0.25) is 0 Å². The highest BCUT2D eigenvalue weighted by Crippen LogP contribution is 2.56. The lowest BCUT2D eigenvalue weighted by atomic mass is 10.0. The van der Waals surface area contributed by atoms with Gasteiger partial charge in [0.1, 0.15) is 0 Å². The summed E-state index contributed by atoms with van der Waals surface area (Å²) in [7, 11) is 4.68. The molecular weight excluding hydrogens is 273 g/mol. The van der Waals surface area contributed by atoms with Crippen LogP contribution in [-0.2, 0) is 9.05 Å². The fourth-order valence-electron chi connectivity index (χ4n) is 1.85. The van der Waals surface area contributed by atoms with Gasteiger partial charge in [-0.25, -0.2) is 4.67 Å². The van der Waals surface area contributed by atoms with Crippen molar-refractivity contribution in [1.29, 1.82) is 0 Å². The maximum absolute atomic E-state index is 6.26. The fraction of sp³-hybridized carbons (Fsp3) is 1.00. The summed E-state index contributed by atoms with van der Waals surface area (Å²) in [4.78, 5) is 0. The summed E-state index contributed by atoms with van der Waals surface area (Å²) in [5.41, 5.74) is 0. The lowest BCUT2D eigenvalue weighted by Crippen LogP contribution is -2.37. The van der Waals surface area contributed by atoms with Crippen LogP contribution in [0.4, 0.5) is 0 Å². The average Bonchev–Trinajstić information content (AvgIpc) is 2.55. The lowest BCUT2D eigenvalue weighted by molar-refractivity contribution is 0.143. The average molecular weight is 297 g/mol. The highest BCUT2D eigenvalue weighted by molar-refractivity contribution is 8.77. The van der Waals surface area contributed by atoms with E-state index >= 15 is 0 Å². The smallest absolute Gasteiger partial charge is 0.258 e. The van der Waals surface area contributed by atoms with Crippen molar-refractivity contribution < 1.29 is 9.05 Å². The Morgan fingerprint density at radius 2 is 1.88 bits per heavy atom. The second-order valence-corrected chi connectivity index (χ2v) is 9.42. The zero-order valence-electron chi connectivity index (χ0n) is 11.6. The van der Waals surface area contributed by atoms with E-state index in [0.29, 0.717) is 5.25 Å². The molecule has 1 fully saturated rings. The summed E-state index contributed by atoms with van der Waals surface area (Å²) >= 11 is 0. The first-order valence-electron chi connectivity index (χ1n) is 6.06. The van der Waals surface area contributed by atoms with Crippen molar-refractivity contribution in [1.82, 2.24) is 4.67 Å². The van der Waals surface area contributed by atoms with Crippen LogP contribution in [0.5, 0.6) is 0 Å². The van der Waals surface area contributed by atoms with Crippen LogP contribution in [0.15, 0.2) is 0 Å². The molecule has 1 rings (SSSR count). The summed E-state index contributed by atoms with van der Waals surface area (Å²) in [6, 6.07) is 0. The Hall–Kier alpha value is 1.01. The maximum Gasteiger partial charge on any atom is 0.258 e. The minimum Gasteiger partial charge on any atom is -0.325 e. The van der Waals surface area contributed by atoms with Gasteiger partial charge in [0.05, 0.1) is 6.10 Å². The predicted octanol–water partition coefficient (Wildman–Crippen LogP) is 4.15. The number of hydrogen-bond acceptors (Lipinski definition) is 5. The summed E-state index contributed by atoms with van der Waals surface area (Å²) in [5, 5.41) is 0.519. The first-order chi connectivity index (χ1) is 7.96. The zero-order valence-corrected chi connectivity index (χ0v) is 14.1. The number of nitrogens with zero attached hydrogens (tertiary/aromatic N) is 1. The van der Waals surface area contributed by atoms with E-state index in [0.717, 1.165) is 13.1 Å². The molecule has 1 heterocycles. The summed E-state index contributed by atoms with van der Waals surface area (Å²) in [5.74, 6) is 0. The van der Waals surface area contributed by atoms with E-state index in [2.05, 4.69) is 39.3 Å². The van der Waals surface area contributed by atoms with Crippen LogP contribution in [0.2, 0.25) is 0 Å². The van der Waals surface area contributed by atoms with E-state index in [1.807, 2.05) is 21.6 Å². The van der Waals surface area contributed by atoms with Crippen molar-refractivity contribution in [2.24, 2.45) is 0 Å². The number of hydrogen-bond donors (Lipinski definition) is 0. The van der Waals surface area contributed by atoms with Crippen molar-refractivity contribution in [3.8, 4) is 0 Å². The Morgan fingerprint density at radius 1 is 1.29 bits per heavy atom. The minimum atomic E-state index is -0.911. The normalized spacial score (nSPS) is 29.8. The van der Waals surface area contributed by atoms with Gasteiger partial charge in [0.15, 0.2) is 0 Å². The third kappa shape index (κ3) is 3.99. The SMILES string of the molecule is CCN(CC)P(OC)OC1C(C)SSC1(C)C. The van der Waals surface area contributed by atoms with E-state index < -0.39 is 8.53 Å². The van der Waals surface area contributed by atoms with Gasteiger partial charge in [-0.15, -0.1) is 0 Å². The molecule has 0 radical (unpaired) electrons. The summed E-state index contributed by atoms with van der Waals surface area (Å²) in [6.07, 6.45) is 0.254. The van der Waals surface area contributed by atoms with E-state index in [9.17, 15) is 0 Å².